The fraction of sp³-hybridized carbons (Fsp3) is 0.500. The number of thiophene rings is 1. The summed E-state index contributed by atoms with van der Waals surface area (Å²) in [4.78, 5) is 2.78. The van der Waals surface area contributed by atoms with Crippen molar-refractivity contribution in [3.8, 4) is 10.7 Å². The van der Waals surface area contributed by atoms with Gasteiger partial charge < -0.3 is 0 Å². The van der Waals surface area contributed by atoms with Gasteiger partial charge in [-0.1, -0.05) is 6.92 Å². The molecule has 0 fully saturated rings. The van der Waals surface area contributed by atoms with Gasteiger partial charge in [0.05, 0.1) is 4.88 Å². The first-order valence-electron chi connectivity index (χ1n) is 6.14. The summed E-state index contributed by atoms with van der Waals surface area (Å²) >= 11 is 9.19. The minimum Gasteiger partial charge on any atom is -0.300 e. The molecule has 0 radical (unpaired) electrons. The van der Waals surface area contributed by atoms with E-state index >= 15 is 0 Å². The van der Waals surface area contributed by atoms with Gasteiger partial charge in [0.25, 0.3) is 0 Å². The Hall–Kier alpha value is -0.590. The second-order valence-electron chi connectivity index (χ2n) is 4.37. The van der Waals surface area contributed by atoms with Gasteiger partial charge in [0.1, 0.15) is 0 Å². The van der Waals surface area contributed by atoms with Gasteiger partial charge in [-0.15, -0.1) is 11.3 Å². The zero-order valence-corrected chi connectivity index (χ0v) is 12.7. The summed E-state index contributed by atoms with van der Waals surface area (Å²) in [6.07, 6.45) is 2.27. The first kappa shape index (κ1) is 12.4. The molecule has 18 heavy (non-hydrogen) atoms. The molecule has 0 unspecified atom stereocenters. The van der Waals surface area contributed by atoms with E-state index in [1.54, 1.807) is 0 Å². The predicted molar refractivity (Wildman–Crippen MR) is 80.9 cm³/mol. The Morgan fingerprint density at radius 3 is 3.22 bits per heavy atom. The highest BCUT2D eigenvalue weighted by atomic mass is 32.2. The summed E-state index contributed by atoms with van der Waals surface area (Å²) in [6.45, 7) is 3.09. The van der Waals surface area contributed by atoms with Crippen molar-refractivity contribution < 1.29 is 0 Å². The van der Waals surface area contributed by atoms with E-state index in [1.165, 1.54) is 27.5 Å². The van der Waals surface area contributed by atoms with E-state index in [-0.39, 0.29) is 0 Å². The van der Waals surface area contributed by atoms with E-state index < -0.39 is 0 Å². The Balaban J connectivity index is 2.04. The van der Waals surface area contributed by atoms with Crippen molar-refractivity contribution in [1.29, 1.82) is 0 Å². The Morgan fingerprint density at radius 2 is 2.44 bits per heavy atom. The van der Waals surface area contributed by atoms with Crippen LogP contribution in [-0.2, 0) is 18.7 Å². The zero-order chi connectivity index (χ0) is 12.5. The Kier molecular flexibility index (Phi) is 3.59. The molecule has 0 saturated carbocycles. The lowest BCUT2D eigenvalue weighted by Gasteiger charge is -2.08. The number of aryl methyl sites for hydroxylation is 1. The number of thioether (sulfide) groups is 1. The number of H-pyrrole nitrogens is 1. The maximum Gasteiger partial charge on any atom is 0.195 e. The van der Waals surface area contributed by atoms with Crippen molar-refractivity contribution >= 4 is 35.3 Å². The summed E-state index contributed by atoms with van der Waals surface area (Å²) < 4.78 is 2.84. The highest BCUT2D eigenvalue weighted by Crippen LogP contribution is 2.36. The van der Waals surface area contributed by atoms with Gasteiger partial charge >= 0.3 is 0 Å². The monoisotopic (exact) mass is 297 g/mol. The summed E-state index contributed by atoms with van der Waals surface area (Å²) in [5, 5.41) is 7.32. The van der Waals surface area contributed by atoms with Gasteiger partial charge in [-0.3, -0.25) is 9.67 Å². The number of fused-ring (bicyclic) bond motifs is 1. The second kappa shape index (κ2) is 5.19. The SMILES string of the molecule is CCCn1c(-c2cc3c(s2)CCSC3)n[nH]c1=S. The molecule has 0 saturated heterocycles. The van der Waals surface area contributed by atoms with Gasteiger partial charge in [-0.05, 0) is 42.4 Å². The number of nitrogens with zero attached hydrogens (tertiary/aromatic N) is 2. The minimum absolute atomic E-state index is 0.729. The molecule has 3 nitrogen and oxygen atoms in total. The number of nitrogens with one attached hydrogen (secondary N) is 1. The van der Waals surface area contributed by atoms with Crippen molar-refractivity contribution in [2.75, 3.05) is 5.75 Å². The van der Waals surface area contributed by atoms with Crippen LogP contribution in [0, 0.1) is 4.77 Å². The molecule has 1 aliphatic rings. The smallest absolute Gasteiger partial charge is 0.195 e. The van der Waals surface area contributed by atoms with Crippen LogP contribution in [0.2, 0.25) is 0 Å². The van der Waals surface area contributed by atoms with Crippen molar-refractivity contribution in [3.63, 3.8) is 0 Å². The normalized spacial score (nSPS) is 14.7. The van der Waals surface area contributed by atoms with Crippen LogP contribution >= 0.6 is 35.3 Å². The molecule has 2 aromatic rings. The van der Waals surface area contributed by atoms with Gasteiger partial charge in [0.2, 0.25) is 0 Å². The van der Waals surface area contributed by atoms with Crippen LogP contribution in [-0.4, -0.2) is 20.5 Å². The number of hydrogen-bond acceptors (Lipinski definition) is 4. The largest absolute Gasteiger partial charge is 0.300 e. The van der Waals surface area contributed by atoms with Crippen LogP contribution in [0.3, 0.4) is 0 Å². The molecule has 0 spiro atoms. The highest BCUT2D eigenvalue weighted by Gasteiger charge is 2.17. The lowest BCUT2D eigenvalue weighted by Crippen LogP contribution is -1.98. The Morgan fingerprint density at radius 1 is 1.56 bits per heavy atom. The first-order chi connectivity index (χ1) is 8.79. The van der Waals surface area contributed by atoms with E-state index in [0.29, 0.717) is 0 Å². The van der Waals surface area contributed by atoms with Gasteiger partial charge in [0, 0.05) is 17.2 Å². The second-order valence-corrected chi connectivity index (χ2v) is 6.99. The van der Waals surface area contributed by atoms with Crippen molar-refractivity contribution in [3.05, 3.63) is 21.3 Å². The number of rotatable bonds is 3. The molecule has 0 atom stereocenters. The maximum absolute atomic E-state index is 5.29. The van der Waals surface area contributed by atoms with Crippen molar-refractivity contribution in [1.82, 2.24) is 14.8 Å². The van der Waals surface area contributed by atoms with Crippen LogP contribution in [0.1, 0.15) is 23.8 Å². The van der Waals surface area contributed by atoms with Crippen LogP contribution in [0.25, 0.3) is 10.7 Å². The zero-order valence-electron chi connectivity index (χ0n) is 10.2. The lowest BCUT2D eigenvalue weighted by atomic mass is 10.2. The maximum atomic E-state index is 5.29. The van der Waals surface area contributed by atoms with E-state index in [0.717, 1.165) is 29.3 Å². The topological polar surface area (TPSA) is 33.6 Å². The number of aromatic amines is 1. The predicted octanol–water partition coefficient (Wildman–Crippen LogP) is 3.87. The molecule has 0 amide bonds. The highest BCUT2D eigenvalue weighted by molar-refractivity contribution is 7.98. The third kappa shape index (κ3) is 2.17. The average Bonchev–Trinajstić information content (AvgIpc) is 2.94. The van der Waals surface area contributed by atoms with Crippen molar-refractivity contribution in [2.24, 2.45) is 0 Å². The number of hydrogen-bond donors (Lipinski definition) is 1. The minimum atomic E-state index is 0.729. The molecule has 3 heterocycles. The summed E-state index contributed by atoms with van der Waals surface area (Å²) in [6, 6.07) is 2.29. The van der Waals surface area contributed by atoms with E-state index in [2.05, 4.69) is 27.8 Å². The molecule has 0 aliphatic carbocycles. The summed E-state index contributed by atoms with van der Waals surface area (Å²) in [5.74, 6) is 3.39. The number of aromatic nitrogens is 3. The van der Waals surface area contributed by atoms with Gasteiger partial charge in [-0.25, -0.2) is 0 Å². The van der Waals surface area contributed by atoms with E-state index in [1.807, 2.05) is 23.1 Å². The standard InChI is InChI=1S/C12H15N3S3/c1-2-4-15-11(13-14-12(15)16)10-6-8-7-17-5-3-9(8)18-10/h6H,2-5,7H2,1H3,(H,14,16). The van der Waals surface area contributed by atoms with Crippen LogP contribution < -0.4 is 0 Å². The van der Waals surface area contributed by atoms with Crippen molar-refractivity contribution in [2.45, 2.75) is 32.1 Å². The van der Waals surface area contributed by atoms with Gasteiger partial charge in [-0.2, -0.15) is 16.9 Å². The van der Waals surface area contributed by atoms with E-state index in [9.17, 15) is 0 Å². The third-order valence-corrected chi connectivity index (χ3v) is 5.61. The summed E-state index contributed by atoms with van der Waals surface area (Å²) in [7, 11) is 0. The fourth-order valence-electron chi connectivity index (χ4n) is 2.19. The molecule has 6 heteroatoms. The Labute approximate surface area is 120 Å². The Bertz CT molecular complexity index is 585. The molecule has 1 aliphatic heterocycles. The molecule has 96 valence electrons. The van der Waals surface area contributed by atoms with Crippen LogP contribution in [0.4, 0.5) is 0 Å². The fourth-order valence-corrected chi connectivity index (χ4v) is 4.79. The van der Waals surface area contributed by atoms with E-state index in [4.69, 9.17) is 12.2 Å². The third-order valence-electron chi connectivity index (χ3n) is 3.05. The van der Waals surface area contributed by atoms with Gasteiger partial charge in [0.15, 0.2) is 10.6 Å². The molecule has 2 aromatic heterocycles. The molecular weight excluding hydrogens is 282 g/mol. The quantitative estimate of drug-likeness (QED) is 0.873. The average molecular weight is 297 g/mol. The van der Waals surface area contributed by atoms with Crippen LogP contribution in [0.5, 0.6) is 0 Å². The first-order valence-corrected chi connectivity index (χ1v) is 8.52. The molecule has 0 bridgehead atoms. The molecule has 0 aromatic carbocycles. The lowest BCUT2D eigenvalue weighted by molar-refractivity contribution is 0.675. The molecule has 3 rings (SSSR count). The molecular formula is C12H15N3S3. The molecule has 1 N–H and O–H groups in total. The van der Waals surface area contributed by atoms with Crippen LogP contribution in [0.15, 0.2) is 6.07 Å². The summed E-state index contributed by atoms with van der Waals surface area (Å²) in [5.41, 5.74) is 1.49.